The number of amides is 1. The first kappa shape index (κ1) is 16.3. The van der Waals surface area contributed by atoms with E-state index in [1.807, 2.05) is 11.0 Å². The van der Waals surface area contributed by atoms with Crippen molar-refractivity contribution in [1.29, 1.82) is 0 Å². The van der Waals surface area contributed by atoms with E-state index in [1.54, 1.807) is 0 Å². The molecule has 1 aromatic carbocycles. The minimum atomic E-state index is 0.260. The molecule has 23 heavy (non-hydrogen) atoms. The standard InChI is InChI=1S/C19H28N2O2/c1-13-5-7-16(10-14(13)2)23-9-3-4-19(22)21-11-15-6-8-18(20)17(15)12-21/h5,7,10,15,17-18H,3-4,6,8-9,11-12,20H2,1-2H3. The third-order valence-electron chi connectivity index (χ3n) is 5.55. The van der Waals surface area contributed by atoms with Crippen LogP contribution in [0.3, 0.4) is 0 Å². The summed E-state index contributed by atoms with van der Waals surface area (Å²) in [6, 6.07) is 6.42. The number of nitrogens with two attached hydrogens (primary N) is 1. The van der Waals surface area contributed by atoms with Gasteiger partial charge in [-0.1, -0.05) is 6.07 Å². The molecule has 1 heterocycles. The van der Waals surface area contributed by atoms with E-state index in [2.05, 4.69) is 26.0 Å². The van der Waals surface area contributed by atoms with E-state index in [0.29, 0.717) is 30.9 Å². The van der Waals surface area contributed by atoms with Gasteiger partial charge in [-0.15, -0.1) is 0 Å². The third kappa shape index (κ3) is 3.69. The highest BCUT2D eigenvalue weighted by Crippen LogP contribution is 2.37. The van der Waals surface area contributed by atoms with Gasteiger partial charge in [0.1, 0.15) is 5.75 Å². The average Bonchev–Trinajstić information content (AvgIpc) is 3.09. The SMILES string of the molecule is Cc1ccc(OCCCC(=O)N2CC3CCC(N)C3C2)cc1C. The lowest BCUT2D eigenvalue weighted by molar-refractivity contribution is -0.130. The summed E-state index contributed by atoms with van der Waals surface area (Å²) < 4.78 is 5.76. The van der Waals surface area contributed by atoms with Crippen LogP contribution in [0.5, 0.6) is 5.75 Å². The zero-order valence-corrected chi connectivity index (χ0v) is 14.3. The Morgan fingerprint density at radius 3 is 2.83 bits per heavy atom. The quantitative estimate of drug-likeness (QED) is 0.850. The monoisotopic (exact) mass is 316 g/mol. The van der Waals surface area contributed by atoms with Crippen molar-refractivity contribution < 1.29 is 9.53 Å². The van der Waals surface area contributed by atoms with Crippen molar-refractivity contribution in [3.05, 3.63) is 29.3 Å². The maximum absolute atomic E-state index is 12.3. The Kier molecular flexibility index (Phi) is 4.90. The number of hydrogen-bond donors (Lipinski definition) is 1. The highest BCUT2D eigenvalue weighted by Gasteiger charge is 2.42. The van der Waals surface area contributed by atoms with Crippen molar-refractivity contribution in [2.75, 3.05) is 19.7 Å². The van der Waals surface area contributed by atoms with Crippen molar-refractivity contribution >= 4 is 5.91 Å². The predicted octanol–water partition coefficient (Wildman–Crippen LogP) is 2.66. The third-order valence-corrected chi connectivity index (χ3v) is 5.55. The number of fused-ring (bicyclic) bond motifs is 1. The van der Waals surface area contributed by atoms with Crippen LogP contribution in [-0.2, 0) is 4.79 Å². The molecule has 3 unspecified atom stereocenters. The zero-order chi connectivity index (χ0) is 16.4. The molecule has 3 atom stereocenters. The second-order valence-electron chi connectivity index (χ2n) is 7.16. The summed E-state index contributed by atoms with van der Waals surface area (Å²) >= 11 is 0. The largest absolute Gasteiger partial charge is 0.494 e. The van der Waals surface area contributed by atoms with Gasteiger partial charge in [-0.25, -0.2) is 0 Å². The van der Waals surface area contributed by atoms with Crippen LogP contribution in [0.4, 0.5) is 0 Å². The fourth-order valence-electron chi connectivity index (χ4n) is 3.89. The summed E-state index contributed by atoms with van der Waals surface area (Å²) in [6.45, 7) is 6.54. The summed E-state index contributed by atoms with van der Waals surface area (Å²) in [6.07, 6.45) is 3.65. The molecule has 1 aliphatic carbocycles. The zero-order valence-electron chi connectivity index (χ0n) is 14.3. The summed E-state index contributed by atoms with van der Waals surface area (Å²) in [4.78, 5) is 14.3. The number of carbonyl (C=O) groups is 1. The highest BCUT2D eigenvalue weighted by atomic mass is 16.5. The molecule has 1 amide bonds. The van der Waals surface area contributed by atoms with E-state index in [9.17, 15) is 4.79 Å². The van der Waals surface area contributed by atoms with Crippen LogP contribution >= 0.6 is 0 Å². The maximum Gasteiger partial charge on any atom is 0.222 e. The van der Waals surface area contributed by atoms with E-state index >= 15 is 0 Å². The molecule has 2 fully saturated rings. The van der Waals surface area contributed by atoms with E-state index < -0.39 is 0 Å². The Hall–Kier alpha value is -1.55. The number of likely N-dealkylation sites (tertiary alicyclic amines) is 1. The van der Waals surface area contributed by atoms with Crippen LogP contribution in [-0.4, -0.2) is 36.5 Å². The Morgan fingerprint density at radius 1 is 1.26 bits per heavy atom. The Bertz CT molecular complexity index is 572. The first-order valence-corrected chi connectivity index (χ1v) is 8.78. The van der Waals surface area contributed by atoms with Crippen LogP contribution in [0.2, 0.25) is 0 Å². The summed E-state index contributed by atoms with van der Waals surface area (Å²) in [5.41, 5.74) is 8.64. The van der Waals surface area contributed by atoms with Crippen LogP contribution < -0.4 is 10.5 Å². The number of aryl methyl sites for hydroxylation is 2. The summed E-state index contributed by atoms with van der Waals surface area (Å²) in [5, 5.41) is 0. The van der Waals surface area contributed by atoms with Gasteiger partial charge in [0.25, 0.3) is 0 Å². The molecule has 1 aromatic rings. The number of hydrogen-bond acceptors (Lipinski definition) is 3. The van der Waals surface area contributed by atoms with Crippen molar-refractivity contribution in [3.8, 4) is 5.75 Å². The Balaban J connectivity index is 1.39. The first-order chi connectivity index (χ1) is 11.0. The molecule has 2 aliphatic rings. The lowest BCUT2D eigenvalue weighted by Gasteiger charge is -2.18. The van der Waals surface area contributed by atoms with Gasteiger partial charge in [0.15, 0.2) is 0 Å². The molecular weight excluding hydrogens is 288 g/mol. The number of carbonyl (C=O) groups excluding carboxylic acids is 1. The minimum absolute atomic E-state index is 0.260. The average molecular weight is 316 g/mol. The number of benzene rings is 1. The summed E-state index contributed by atoms with van der Waals surface area (Å²) in [5.74, 6) is 2.32. The van der Waals surface area contributed by atoms with Crippen molar-refractivity contribution in [1.82, 2.24) is 4.90 Å². The van der Waals surface area contributed by atoms with Gasteiger partial charge in [0, 0.05) is 25.6 Å². The van der Waals surface area contributed by atoms with Crippen molar-refractivity contribution in [3.63, 3.8) is 0 Å². The number of rotatable bonds is 5. The fourth-order valence-corrected chi connectivity index (χ4v) is 3.89. The maximum atomic E-state index is 12.3. The van der Waals surface area contributed by atoms with Gasteiger partial charge in [-0.2, -0.15) is 0 Å². The first-order valence-electron chi connectivity index (χ1n) is 8.78. The Labute approximate surface area is 139 Å². The Morgan fingerprint density at radius 2 is 2.09 bits per heavy atom. The molecule has 3 rings (SSSR count). The van der Waals surface area contributed by atoms with E-state index in [4.69, 9.17) is 10.5 Å². The van der Waals surface area contributed by atoms with Gasteiger partial charge in [-0.05, 0) is 68.2 Å². The fraction of sp³-hybridized carbons (Fsp3) is 0.632. The molecule has 0 radical (unpaired) electrons. The molecular formula is C19H28N2O2. The number of nitrogens with zero attached hydrogens (tertiary/aromatic N) is 1. The molecule has 1 saturated carbocycles. The van der Waals surface area contributed by atoms with Crippen LogP contribution in [0, 0.1) is 25.7 Å². The van der Waals surface area contributed by atoms with Gasteiger partial charge in [0.2, 0.25) is 5.91 Å². The summed E-state index contributed by atoms with van der Waals surface area (Å²) in [7, 11) is 0. The molecule has 2 N–H and O–H groups in total. The molecule has 4 nitrogen and oxygen atoms in total. The van der Waals surface area contributed by atoms with E-state index in [0.717, 1.165) is 31.7 Å². The lowest BCUT2D eigenvalue weighted by atomic mass is 9.98. The molecule has 0 spiro atoms. The van der Waals surface area contributed by atoms with E-state index in [-0.39, 0.29) is 5.91 Å². The van der Waals surface area contributed by atoms with Gasteiger partial charge in [-0.3, -0.25) is 4.79 Å². The van der Waals surface area contributed by atoms with Crippen LogP contribution in [0.1, 0.15) is 36.8 Å². The number of ether oxygens (including phenoxy) is 1. The van der Waals surface area contributed by atoms with Gasteiger partial charge >= 0.3 is 0 Å². The lowest BCUT2D eigenvalue weighted by Crippen LogP contribution is -2.33. The highest BCUT2D eigenvalue weighted by molar-refractivity contribution is 5.76. The molecule has 126 valence electrons. The minimum Gasteiger partial charge on any atom is -0.494 e. The molecule has 1 saturated heterocycles. The van der Waals surface area contributed by atoms with Gasteiger partial charge < -0.3 is 15.4 Å². The smallest absolute Gasteiger partial charge is 0.222 e. The topological polar surface area (TPSA) is 55.6 Å². The van der Waals surface area contributed by atoms with Crippen LogP contribution in [0.15, 0.2) is 18.2 Å². The second-order valence-corrected chi connectivity index (χ2v) is 7.16. The predicted molar refractivity (Wildman–Crippen MR) is 91.4 cm³/mol. The van der Waals surface area contributed by atoms with Crippen molar-refractivity contribution in [2.24, 2.45) is 17.6 Å². The normalized spacial score (nSPS) is 26.4. The molecule has 1 aliphatic heterocycles. The molecule has 0 aromatic heterocycles. The van der Waals surface area contributed by atoms with E-state index in [1.165, 1.54) is 17.5 Å². The second kappa shape index (κ2) is 6.91. The molecule has 0 bridgehead atoms. The molecule has 4 heteroatoms. The van der Waals surface area contributed by atoms with Gasteiger partial charge in [0.05, 0.1) is 6.61 Å². The van der Waals surface area contributed by atoms with Crippen LogP contribution in [0.25, 0.3) is 0 Å². The van der Waals surface area contributed by atoms with Crippen molar-refractivity contribution in [2.45, 2.75) is 45.6 Å².